The van der Waals surface area contributed by atoms with Crippen LogP contribution in [0.3, 0.4) is 0 Å². The van der Waals surface area contributed by atoms with E-state index in [-0.39, 0.29) is 0 Å². The summed E-state index contributed by atoms with van der Waals surface area (Å²) in [5.74, 6) is 3.36. The molecule has 1 aliphatic carbocycles. The zero-order valence-corrected chi connectivity index (χ0v) is 16.0. The number of para-hydroxylation sites is 1. The molecule has 1 aliphatic rings. The van der Waals surface area contributed by atoms with Crippen molar-refractivity contribution in [2.24, 2.45) is 11.8 Å². The van der Waals surface area contributed by atoms with Gasteiger partial charge in [0, 0.05) is 12.1 Å². The van der Waals surface area contributed by atoms with Gasteiger partial charge in [-0.3, -0.25) is 0 Å². The maximum Gasteiger partial charge on any atom is 0.166 e. The Labute approximate surface area is 157 Å². The van der Waals surface area contributed by atoms with Crippen molar-refractivity contribution in [2.75, 3.05) is 13.7 Å². The molecule has 1 saturated carbocycles. The van der Waals surface area contributed by atoms with Gasteiger partial charge in [-0.25, -0.2) is 0 Å². The summed E-state index contributed by atoms with van der Waals surface area (Å²) in [4.78, 5) is 0. The van der Waals surface area contributed by atoms with Crippen LogP contribution in [0, 0.1) is 11.8 Å². The van der Waals surface area contributed by atoms with Crippen molar-refractivity contribution in [1.29, 1.82) is 0 Å². The zero-order chi connectivity index (χ0) is 18.2. The van der Waals surface area contributed by atoms with Crippen LogP contribution in [0.1, 0.15) is 43.7 Å². The van der Waals surface area contributed by atoms with E-state index in [4.69, 9.17) is 9.47 Å². The molecular weight excluding hydrogens is 322 g/mol. The Morgan fingerprint density at radius 2 is 1.73 bits per heavy atom. The van der Waals surface area contributed by atoms with Gasteiger partial charge in [-0.1, -0.05) is 62.2 Å². The normalized spacial score (nSPS) is 19.9. The fraction of sp³-hybridized carbons (Fsp3) is 0.478. The smallest absolute Gasteiger partial charge is 0.166 e. The van der Waals surface area contributed by atoms with Gasteiger partial charge in [-0.2, -0.15) is 0 Å². The van der Waals surface area contributed by atoms with E-state index in [0.29, 0.717) is 6.61 Å². The van der Waals surface area contributed by atoms with E-state index in [1.54, 1.807) is 7.11 Å². The van der Waals surface area contributed by atoms with Crippen LogP contribution in [0.25, 0.3) is 0 Å². The Bertz CT molecular complexity index is 663. The second-order valence-electron chi connectivity index (χ2n) is 7.48. The summed E-state index contributed by atoms with van der Waals surface area (Å²) < 4.78 is 11.7. The molecule has 0 saturated heterocycles. The van der Waals surface area contributed by atoms with E-state index in [1.807, 2.05) is 30.3 Å². The number of ether oxygens (including phenoxy) is 2. The van der Waals surface area contributed by atoms with Gasteiger partial charge in [0.2, 0.25) is 0 Å². The van der Waals surface area contributed by atoms with E-state index in [0.717, 1.165) is 47.6 Å². The minimum Gasteiger partial charge on any atom is -0.493 e. The highest BCUT2D eigenvalue weighted by Gasteiger charge is 2.18. The largest absolute Gasteiger partial charge is 0.493 e. The first-order valence-corrected chi connectivity index (χ1v) is 9.79. The summed E-state index contributed by atoms with van der Waals surface area (Å²) in [6.45, 7) is 4.82. The van der Waals surface area contributed by atoms with Crippen LogP contribution in [-0.4, -0.2) is 13.7 Å². The fourth-order valence-corrected chi connectivity index (χ4v) is 3.70. The lowest BCUT2D eigenvalue weighted by Crippen LogP contribution is -2.26. The number of benzene rings is 2. The van der Waals surface area contributed by atoms with Crippen LogP contribution >= 0.6 is 0 Å². The Kier molecular flexibility index (Phi) is 6.96. The molecular formula is C23H31NO2. The molecule has 1 N–H and O–H groups in total. The molecule has 3 rings (SSSR count). The predicted molar refractivity (Wildman–Crippen MR) is 107 cm³/mol. The van der Waals surface area contributed by atoms with Crippen LogP contribution in [-0.2, 0) is 13.2 Å². The molecule has 2 aromatic carbocycles. The summed E-state index contributed by atoms with van der Waals surface area (Å²) in [7, 11) is 1.70. The molecule has 0 aliphatic heterocycles. The quantitative estimate of drug-likeness (QED) is 0.708. The van der Waals surface area contributed by atoms with E-state index >= 15 is 0 Å². The standard InChI is InChI=1S/C23H31NO2/c1-18-11-13-19(14-12-18)15-24-16-21-9-6-10-22(25-2)23(21)26-17-20-7-4-3-5-8-20/h3-10,18-19,24H,11-17H2,1-2H3. The Morgan fingerprint density at radius 3 is 2.46 bits per heavy atom. The molecule has 0 aromatic heterocycles. The van der Waals surface area contributed by atoms with Crippen molar-refractivity contribution in [3.63, 3.8) is 0 Å². The van der Waals surface area contributed by atoms with E-state index in [1.165, 1.54) is 25.7 Å². The van der Waals surface area contributed by atoms with Gasteiger partial charge in [-0.15, -0.1) is 0 Å². The molecule has 3 nitrogen and oxygen atoms in total. The average molecular weight is 354 g/mol. The second kappa shape index (κ2) is 9.63. The summed E-state index contributed by atoms with van der Waals surface area (Å²) in [5, 5.41) is 3.64. The number of hydrogen-bond acceptors (Lipinski definition) is 3. The van der Waals surface area contributed by atoms with Crippen molar-refractivity contribution in [2.45, 2.75) is 45.8 Å². The first kappa shape index (κ1) is 18.8. The third-order valence-corrected chi connectivity index (χ3v) is 5.39. The van der Waals surface area contributed by atoms with E-state index < -0.39 is 0 Å². The van der Waals surface area contributed by atoms with Crippen LogP contribution in [0.5, 0.6) is 11.5 Å². The number of hydrogen-bond donors (Lipinski definition) is 1. The van der Waals surface area contributed by atoms with Crippen LogP contribution < -0.4 is 14.8 Å². The van der Waals surface area contributed by atoms with Crippen LogP contribution in [0.15, 0.2) is 48.5 Å². The predicted octanol–water partition coefficient (Wildman–Crippen LogP) is 5.19. The summed E-state index contributed by atoms with van der Waals surface area (Å²) in [5.41, 5.74) is 2.32. The Hall–Kier alpha value is -2.00. The summed E-state index contributed by atoms with van der Waals surface area (Å²) >= 11 is 0. The van der Waals surface area contributed by atoms with Crippen molar-refractivity contribution in [1.82, 2.24) is 5.32 Å². The molecule has 140 valence electrons. The van der Waals surface area contributed by atoms with Gasteiger partial charge in [0.15, 0.2) is 11.5 Å². The molecule has 3 heteroatoms. The summed E-state index contributed by atoms with van der Waals surface area (Å²) in [6, 6.07) is 16.4. The Balaban J connectivity index is 1.59. The van der Waals surface area contributed by atoms with Crippen molar-refractivity contribution in [3.05, 3.63) is 59.7 Å². The molecule has 1 fully saturated rings. The molecule has 0 unspecified atom stereocenters. The third-order valence-electron chi connectivity index (χ3n) is 5.39. The molecule has 0 atom stereocenters. The maximum atomic E-state index is 6.14. The van der Waals surface area contributed by atoms with Crippen LogP contribution in [0.2, 0.25) is 0 Å². The molecule has 0 amide bonds. The maximum absolute atomic E-state index is 6.14. The number of nitrogens with one attached hydrogen (secondary N) is 1. The van der Waals surface area contributed by atoms with E-state index in [2.05, 4.69) is 30.4 Å². The molecule has 0 heterocycles. The van der Waals surface area contributed by atoms with Crippen molar-refractivity contribution < 1.29 is 9.47 Å². The molecule has 0 bridgehead atoms. The average Bonchev–Trinajstić information content (AvgIpc) is 2.69. The lowest BCUT2D eigenvalue weighted by atomic mass is 9.83. The zero-order valence-electron chi connectivity index (χ0n) is 16.0. The Morgan fingerprint density at radius 1 is 0.962 bits per heavy atom. The second-order valence-corrected chi connectivity index (χ2v) is 7.48. The molecule has 0 radical (unpaired) electrons. The first-order chi connectivity index (χ1) is 12.8. The molecule has 26 heavy (non-hydrogen) atoms. The highest BCUT2D eigenvalue weighted by Crippen LogP contribution is 2.32. The molecule has 2 aromatic rings. The van der Waals surface area contributed by atoms with Crippen molar-refractivity contribution >= 4 is 0 Å². The van der Waals surface area contributed by atoms with Gasteiger partial charge in [0.1, 0.15) is 6.61 Å². The number of methoxy groups -OCH3 is 1. The van der Waals surface area contributed by atoms with Gasteiger partial charge in [-0.05, 0) is 42.9 Å². The monoisotopic (exact) mass is 353 g/mol. The molecule has 0 spiro atoms. The lowest BCUT2D eigenvalue weighted by molar-refractivity contribution is 0.274. The van der Waals surface area contributed by atoms with Gasteiger partial charge >= 0.3 is 0 Å². The van der Waals surface area contributed by atoms with E-state index in [9.17, 15) is 0 Å². The topological polar surface area (TPSA) is 30.5 Å². The third kappa shape index (κ3) is 5.25. The van der Waals surface area contributed by atoms with Gasteiger partial charge in [0.25, 0.3) is 0 Å². The highest BCUT2D eigenvalue weighted by atomic mass is 16.5. The minimum atomic E-state index is 0.550. The minimum absolute atomic E-state index is 0.550. The summed E-state index contributed by atoms with van der Waals surface area (Å²) in [6.07, 6.45) is 5.45. The first-order valence-electron chi connectivity index (χ1n) is 9.79. The number of rotatable bonds is 8. The lowest BCUT2D eigenvalue weighted by Gasteiger charge is -2.26. The highest BCUT2D eigenvalue weighted by molar-refractivity contribution is 5.46. The van der Waals surface area contributed by atoms with Gasteiger partial charge in [0.05, 0.1) is 7.11 Å². The SMILES string of the molecule is COc1cccc(CNCC2CCC(C)CC2)c1OCc1ccccc1. The van der Waals surface area contributed by atoms with Gasteiger partial charge < -0.3 is 14.8 Å². The van der Waals surface area contributed by atoms with Crippen molar-refractivity contribution in [3.8, 4) is 11.5 Å². The van der Waals surface area contributed by atoms with Crippen LogP contribution in [0.4, 0.5) is 0 Å². The fourth-order valence-electron chi connectivity index (χ4n) is 3.70.